The molecule has 21 heavy (non-hydrogen) atoms. The fraction of sp³-hybridized carbons (Fsp3) is 0.0714. The highest BCUT2D eigenvalue weighted by Gasteiger charge is 2.14. The Bertz CT molecular complexity index is 812. The molecule has 0 spiro atoms. The number of ether oxygens (including phenoxy) is 1. The number of phenolic OH excluding ortho intramolecular Hbond substituents is 1. The van der Waals surface area contributed by atoms with Crippen LogP contribution < -0.4 is 10.5 Å². The highest BCUT2D eigenvalue weighted by Crippen LogP contribution is 2.33. The second kappa shape index (κ2) is 5.12. The Balaban J connectivity index is 2.14. The van der Waals surface area contributed by atoms with Gasteiger partial charge in [0.1, 0.15) is 35.9 Å². The van der Waals surface area contributed by atoms with Crippen LogP contribution in [-0.4, -0.2) is 31.9 Å². The molecular weight excluding hydrogens is 270 g/mol. The SMILES string of the molecule is C=CCOc1cc(O)cc(-c2n[nH]c3ncnc(N)c23)c1. The monoisotopic (exact) mass is 283 g/mol. The van der Waals surface area contributed by atoms with E-state index in [4.69, 9.17) is 10.5 Å². The molecule has 4 N–H and O–H groups in total. The highest BCUT2D eigenvalue weighted by atomic mass is 16.5. The Morgan fingerprint density at radius 2 is 2.19 bits per heavy atom. The quantitative estimate of drug-likeness (QED) is 0.630. The second-order valence-corrected chi connectivity index (χ2v) is 4.37. The number of hydrogen-bond acceptors (Lipinski definition) is 6. The molecule has 2 heterocycles. The summed E-state index contributed by atoms with van der Waals surface area (Å²) in [5.74, 6) is 0.898. The fourth-order valence-corrected chi connectivity index (χ4v) is 2.05. The fourth-order valence-electron chi connectivity index (χ4n) is 2.05. The number of rotatable bonds is 4. The Hall–Kier alpha value is -3.09. The van der Waals surface area contributed by atoms with Crippen molar-refractivity contribution in [3.8, 4) is 22.8 Å². The number of nitrogens with zero attached hydrogens (tertiary/aromatic N) is 3. The third-order valence-electron chi connectivity index (χ3n) is 2.92. The van der Waals surface area contributed by atoms with Crippen LogP contribution in [0.15, 0.2) is 37.2 Å². The van der Waals surface area contributed by atoms with Gasteiger partial charge in [-0.15, -0.1) is 0 Å². The van der Waals surface area contributed by atoms with Crippen molar-refractivity contribution in [2.45, 2.75) is 0 Å². The van der Waals surface area contributed by atoms with Crippen molar-refractivity contribution < 1.29 is 9.84 Å². The number of benzene rings is 1. The van der Waals surface area contributed by atoms with Gasteiger partial charge in [0.15, 0.2) is 5.65 Å². The average Bonchev–Trinajstić information content (AvgIpc) is 2.90. The summed E-state index contributed by atoms with van der Waals surface area (Å²) in [5.41, 5.74) is 7.63. The van der Waals surface area contributed by atoms with Crippen LogP contribution in [0.2, 0.25) is 0 Å². The van der Waals surface area contributed by atoms with Crippen LogP contribution in [0.3, 0.4) is 0 Å². The van der Waals surface area contributed by atoms with E-state index in [2.05, 4.69) is 26.7 Å². The third kappa shape index (κ3) is 2.36. The van der Waals surface area contributed by atoms with Crippen molar-refractivity contribution in [3.05, 3.63) is 37.2 Å². The summed E-state index contributed by atoms with van der Waals surface area (Å²) in [4.78, 5) is 8.03. The summed E-state index contributed by atoms with van der Waals surface area (Å²) < 4.78 is 5.44. The number of H-pyrrole nitrogens is 1. The molecule has 7 heteroatoms. The molecule has 0 bridgehead atoms. The highest BCUT2D eigenvalue weighted by molar-refractivity contribution is 5.98. The number of aromatic amines is 1. The Morgan fingerprint density at radius 3 is 3.00 bits per heavy atom. The van der Waals surface area contributed by atoms with E-state index < -0.39 is 0 Å². The zero-order valence-electron chi connectivity index (χ0n) is 11.1. The van der Waals surface area contributed by atoms with Crippen molar-refractivity contribution >= 4 is 16.9 Å². The van der Waals surface area contributed by atoms with E-state index in [0.29, 0.717) is 40.5 Å². The molecule has 106 valence electrons. The van der Waals surface area contributed by atoms with Gasteiger partial charge in [0.25, 0.3) is 0 Å². The minimum Gasteiger partial charge on any atom is -0.508 e. The summed E-state index contributed by atoms with van der Waals surface area (Å²) in [6, 6.07) is 4.84. The van der Waals surface area contributed by atoms with Crippen LogP contribution in [0.1, 0.15) is 0 Å². The molecular formula is C14H13N5O2. The Morgan fingerprint density at radius 1 is 1.33 bits per heavy atom. The summed E-state index contributed by atoms with van der Waals surface area (Å²) >= 11 is 0. The largest absolute Gasteiger partial charge is 0.508 e. The van der Waals surface area contributed by atoms with E-state index >= 15 is 0 Å². The van der Waals surface area contributed by atoms with E-state index in [1.807, 2.05) is 0 Å². The molecule has 0 aliphatic carbocycles. The molecule has 0 aliphatic rings. The number of nitrogen functional groups attached to an aromatic ring is 1. The van der Waals surface area contributed by atoms with Gasteiger partial charge in [-0.05, 0) is 12.1 Å². The molecule has 0 saturated heterocycles. The van der Waals surface area contributed by atoms with Gasteiger partial charge in [-0.3, -0.25) is 5.10 Å². The first kappa shape index (κ1) is 12.9. The van der Waals surface area contributed by atoms with Crippen LogP contribution in [0.5, 0.6) is 11.5 Å². The van der Waals surface area contributed by atoms with E-state index in [0.717, 1.165) is 0 Å². The first-order valence-electron chi connectivity index (χ1n) is 6.21. The van der Waals surface area contributed by atoms with E-state index in [1.165, 1.54) is 12.4 Å². The standard InChI is InChI=1S/C14H13N5O2/c1-2-3-21-10-5-8(4-9(20)6-10)12-11-13(15)16-7-17-14(11)19-18-12/h2,4-7,20H,1,3H2,(H3,15,16,17,18,19). The molecule has 0 unspecified atom stereocenters. The van der Waals surface area contributed by atoms with Gasteiger partial charge in [0.2, 0.25) is 0 Å². The van der Waals surface area contributed by atoms with Crippen LogP contribution in [0, 0.1) is 0 Å². The van der Waals surface area contributed by atoms with E-state index in [-0.39, 0.29) is 5.75 Å². The lowest BCUT2D eigenvalue weighted by molar-refractivity contribution is 0.360. The number of anilines is 1. The Kier molecular flexibility index (Phi) is 3.15. The lowest BCUT2D eigenvalue weighted by Gasteiger charge is -2.07. The third-order valence-corrected chi connectivity index (χ3v) is 2.92. The molecule has 0 fully saturated rings. The number of nitrogens with one attached hydrogen (secondary N) is 1. The van der Waals surface area contributed by atoms with Crippen molar-refractivity contribution in [1.29, 1.82) is 0 Å². The number of fused-ring (bicyclic) bond motifs is 1. The lowest BCUT2D eigenvalue weighted by Crippen LogP contribution is -1.94. The lowest BCUT2D eigenvalue weighted by atomic mass is 10.1. The zero-order chi connectivity index (χ0) is 14.8. The molecule has 0 radical (unpaired) electrons. The average molecular weight is 283 g/mol. The first-order valence-corrected chi connectivity index (χ1v) is 6.21. The maximum Gasteiger partial charge on any atom is 0.161 e. The number of aromatic nitrogens is 4. The zero-order valence-corrected chi connectivity index (χ0v) is 11.1. The van der Waals surface area contributed by atoms with Crippen molar-refractivity contribution in [2.24, 2.45) is 0 Å². The minimum absolute atomic E-state index is 0.0677. The molecule has 0 saturated carbocycles. The van der Waals surface area contributed by atoms with Crippen molar-refractivity contribution in [3.63, 3.8) is 0 Å². The van der Waals surface area contributed by atoms with E-state index in [9.17, 15) is 5.11 Å². The predicted octanol–water partition coefficient (Wildman–Crippen LogP) is 1.87. The van der Waals surface area contributed by atoms with Gasteiger partial charge < -0.3 is 15.6 Å². The molecule has 0 atom stereocenters. The van der Waals surface area contributed by atoms with Crippen LogP contribution >= 0.6 is 0 Å². The molecule has 1 aromatic carbocycles. The first-order chi connectivity index (χ1) is 10.2. The molecule has 0 amide bonds. The maximum absolute atomic E-state index is 9.83. The molecule has 0 aliphatic heterocycles. The summed E-state index contributed by atoms with van der Waals surface area (Å²) in [6.07, 6.45) is 2.99. The van der Waals surface area contributed by atoms with Crippen molar-refractivity contribution in [2.75, 3.05) is 12.3 Å². The van der Waals surface area contributed by atoms with Gasteiger partial charge in [0, 0.05) is 11.6 Å². The Labute approximate surface area is 120 Å². The molecule has 7 nitrogen and oxygen atoms in total. The number of aromatic hydroxyl groups is 1. The molecule has 3 aromatic rings. The summed E-state index contributed by atoms with van der Waals surface area (Å²) in [7, 11) is 0. The van der Waals surface area contributed by atoms with Crippen LogP contribution in [-0.2, 0) is 0 Å². The van der Waals surface area contributed by atoms with Gasteiger partial charge >= 0.3 is 0 Å². The van der Waals surface area contributed by atoms with Gasteiger partial charge in [0.05, 0.1) is 5.39 Å². The van der Waals surface area contributed by atoms with Crippen molar-refractivity contribution in [1.82, 2.24) is 20.2 Å². The normalized spacial score (nSPS) is 10.7. The second-order valence-electron chi connectivity index (χ2n) is 4.37. The number of hydrogen-bond donors (Lipinski definition) is 3. The van der Waals surface area contributed by atoms with E-state index in [1.54, 1.807) is 18.2 Å². The van der Waals surface area contributed by atoms with Crippen LogP contribution in [0.25, 0.3) is 22.3 Å². The maximum atomic E-state index is 9.83. The summed E-state index contributed by atoms with van der Waals surface area (Å²) in [6.45, 7) is 3.93. The van der Waals surface area contributed by atoms with Gasteiger partial charge in [-0.1, -0.05) is 12.7 Å². The predicted molar refractivity (Wildman–Crippen MR) is 78.9 cm³/mol. The minimum atomic E-state index is 0.0677. The number of nitrogens with two attached hydrogens (primary N) is 1. The topological polar surface area (TPSA) is 110 Å². The summed E-state index contributed by atoms with van der Waals surface area (Å²) in [5, 5.41) is 17.4. The molecule has 3 rings (SSSR count). The number of phenols is 1. The van der Waals surface area contributed by atoms with Gasteiger partial charge in [-0.2, -0.15) is 5.10 Å². The van der Waals surface area contributed by atoms with Crippen LogP contribution in [0.4, 0.5) is 5.82 Å². The smallest absolute Gasteiger partial charge is 0.161 e. The van der Waals surface area contributed by atoms with Gasteiger partial charge in [-0.25, -0.2) is 9.97 Å². The molecule has 2 aromatic heterocycles.